The normalized spacial score (nSPS) is 11.4. The Hall–Kier alpha value is -0.650. The first kappa shape index (κ1) is 36.4. The molecule has 9 heteroatoms. The van der Waals surface area contributed by atoms with Crippen LogP contribution < -0.4 is 0 Å². The van der Waals surface area contributed by atoms with Crippen molar-refractivity contribution in [3.8, 4) is 0 Å². The molecule has 0 saturated carbocycles. The summed E-state index contributed by atoms with van der Waals surface area (Å²) >= 11 is 0. The average molecular weight is 537 g/mol. The van der Waals surface area contributed by atoms with Crippen molar-refractivity contribution in [3.05, 3.63) is 0 Å². The molecule has 0 aromatic heterocycles. The third-order valence-electron chi connectivity index (χ3n) is 5.34. The first-order valence-electron chi connectivity index (χ1n) is 14.4. The Kier molecular flexibility index (Phi) is 32.8. The van der Waals surface area contributed by atoms with Crippen LogP contribution in [0.15, 0.2) is 0 Å². The van der Waals surface area contributed by atoms with Gasteiger partial charge in [-0.2, -0.15) is 0 Å². The molecular formula is C28H56O9. The summed E-state index contributed by atoms with van der Waals surface area (Å²) in [5.41, 5.74) is 0. The van der Waals surface area contributed by atoms with Crippen LogP contribution in [-0.4, -0.2) is 111 Å². The molecule has 0 aromatic rings. The van der Waals surface area contributed by atoms with E-state index in [1.807, 2.05) is 0 Å². The Morgan fingerprint density at radius 2 is 0.649 bits per heavy atom. The summed E-state index contributed by atoms with van der Waals surface area (Å²) < 4.78 is 43.6. The lowest BCUT2D eigenvalue weighted by atomic mass is 10.1. The van der Waals surface area contributed by atoms with E-state index in [0.717, 1.165) is 13.0 Å². The van der Waals surface area contributed by atoms with Gasteiger partial charge >= 0.3 is 0 Å². The van der Waals surface area contributed by atoms with E-state index >= 15 is 0 Å². The van der Waals surface area contributed by atoms with E-state index in [-0.39, 0.29) is 5.78 Å². The topological polar surface area (TPSA) is 90.9 Å². The first-order chi connectivity index (χ1) is 18.3. The van der Waals surface area contributed by atoms with Crippen LogP contribution >= 0.6 is 0 Å². The van der Waals surface area contributed by atoms with Crippen molar-refractivity contribution in [1.82, 2.24) is 0 Å². The zero-order valence-corrected chi connectivity index (χ0v) is 23.9. The lowest BCUT2D eigenvalue weighted by Gasteiger charge is -2.08. The largest absolute Gasteiger partial charge is 0.379 e. The van der Waals surface area contributed by atoms with Crippen molar-refractivity contribution < 1.29 is 42.7 Å². The van der Waals surface area contributed by atoms with Crippen molar-refractivity contribution in [2.75, 3.05) is 106 Å². The van der Waals surface area contributed by atoms with Crippen LogP contribution in [0.3, 0.4) is 0 Å². The Balaban J connectivity index is 3.02. The van der Waals surface area contributed by atoms with Gasteiger partial charge in [-0.25, -0.2) is 0 Å². The molecule has 0 aliphatic rings. The van der Waals surface area contributed by atoms with E-state index in [4.69, 9.17) is 37.9 Å². The number of ether oxygens (including phenoxy) is 8. The van der Waals surface area contributed by atoms with E-state index in [1.54, 1.807) is 6.92 Å². The van der Waals surface area contributed by atoms with Crippen LogP contribution in [0.4, 0.5) is 0 Å². The Labute approximate surface area is 226 Å². The summed E-state index contributed by atoms with van der Waals surface area (Å²) in [7, 11) is 0. The number of hydrogen-bond acceptors (Lipinski definition) is 9. The number of hydrogen-bond donors (Lipinski definition) is 0. The number of unbranched alkanes of at least 4 members (excludes halogenated alkanes) is 7. The molecule has 0 heterocycles. The zero-order chi connectivity index (χ0) is 26.9. The summed E-state index contributed by atoms with van der Waals surface area (Å²) in [4.78, 5) is 10.8. The Morgan fingerprint density at radius 3 is 0.973 bits per heavy atom. The number of carbonyl (C=O) groups excluding carboxylic acids is 1. The molecule has 9 nitrogen and oxygen atoms in total. The lowest BCUT2D eigenvalue weighted by molar-refractivity contribution is -0.118. The number of Topliss-reactive ketones (excluding diaryl/α,β-unsaturated/α-hetero) is 1. The van der Waals surface area contributed by atoms with Crippen LogP contribution in [0.1, 0.15) is 71.6 Å². The van der Waals surface area contributed by atoms with Gasteiger partial charge in [0.25, 0.3) is 0 Å². The number of rotatable bonds is 33. The molecule has 0 saturated heterocycles. The van der Waals surface area contributed by atoms with Gasteiger partial charge in [0, 0.05) is 13.0 Å². The highest BCUT2D eigenvalue weighted by Gasteiger charge is 1.97. The van der Waals surface area contributed by atoms with Crippen LogP contribution in [0, 0.1) is 0 Å². The third-order valence-corrected chi connectivity index (χ3v) is 5.34. The maximum Gasteiger partial charge on any atom is 0.132 e. The van der Waals surface area contributed by atoms with E-state index in [0.29, 0.717) is 106 Å². The van der Waals surface area contributed by atoms with Gasteiger partial charge in [0.05, 0.1) is 99.1 Å². The lowest BCUT2D eigenvalue weighted by Crippen LogP contribution is -2.15. The molecule has 0 bridgehead atoms. The second-order valence-corrected chi connectivity index (χ2v) is 8.83. The highest BCUT2D eigenvalue weighted by Crippen LogP contribution is 2.08. The van der Waals surface area contributed by atoms with Gasteiger partial charge in [0.1, 0.15) is 5.78 Å². The van der Waals surface area contributed by atoms with Crippen LogP contribution in [0.5, 0.6) is 0 Å². The predicted octanol–water partition coefficient (Wildman–Crippen LogP) is 4.24. The molecular weight excluding hydrogens is 480 g/mol. The predicted molar refractivity (Wildman–Crippen MR) is 144 cm³/mol. The van der Waals surface area contributed by atoms with E-state index in [1.165, 1.54) is 44.9 Å². The number of ketones is 1. The van der Waals surface area contributed by atoms with Gasteiger partial charge in [-0.15, -0.1) is 0 Å². The minimum absolute atomic E-state index is 0.134. The van der Waals surface area contributed by atoms with Crippen molar-refractivity contribution >= 4 is 5.78 Å². The molecule has 0 aromatic carbocycles. The quantitative estimate of drug-likeness (QED) is 0.114. The molecule has 0 aliphatic carbocycles. The fourth-order valence-corrected chi connectivity index (χ4v) is 3.20. The molecule has 222 valence electrons. The second-order valence-electron chi connectivity index (χ2n) is 8.83. The highest BCUT2D eigenvalue weighted by atomic mass is 16.6. The summed E-state index contributed by atoms with van der Waals surface area (Å²) in [6, 6.07) is 0. The van der Waals surface area contributed by atoms with E-state index < -0.39 is 0 Å². The monoisotopic (exact) mass is 536 g/mol. The molecule has 0 rings (SSSR count). The Morgan fingerprint density at radius 1 is 0.378 bits per heavy atom. The average Bonchev–Trinajstić information content (AvgIpc) is 2.89. The third kappa shape index (κ3) is 35.4. The van der Waals surface area contributed by atoms with Crippen molar-refractivity contribution in [2.24, 2.45) is 0 Å². The van der Waals surface area contributed by atoms with Gasteiger partial charge in [0.15, 0.2) is 0 Å². The molecule has 0 fully saturated rings. The van der Waals surface area contributed by atoms with Gasteiger partial charge in [-0.1, -0.05) is 51.9 Å². The van der Waals surface area contributed by atoms with Gasteiger partial charge in [-0.3, -0.25) is 4.79 Å². The van der Waals surface area contributed by atoms with Crippen LogP contribution in [0.25, 0.3) is 0 Å². The van der Waals surface area contributed by atoms with Gasteiger partial charge in [-0.05, 0) is 13.3 Å². The maximum atomic E-state index is 10.8. The fraction of sp³-hybridized carbons (Fsp3) is 0.964. The van der Waals surface area contributed by atoms with Crippen LogP contribution in [-0.2, 0) is 42.7 Å². The fourth-order valence-electron chi connectivity index (χ4n) is 3.20. The SMILES string of the molecule is CCCCCCCCCCOCCOCCOCCOCCOCCOCCOCCOCCC(C)=O. The van der Waals surface area contributed by atoms with E-state index in [2.05, 4.69) is 6.92 Å². The Bertz CT molecular complexity index is 438. The maximum absolute atomic E-state index is 10.8. The van der Waals surface area contributed by atoms with Crippen molar-refractivity contribution in [1.29, 1.82) is 0 Å². The molecule has 0 N–H and O–H groups in total. The smallest absolute Gasteiger partial charge is 0.132 e. The van der Waals surface area contributed by atoms with E-state index in [9.17, 15) is 4.79 Å². The molecule has 0 atom stereocenters. The summed E-state index contributed by atoms with van der Waals surface area (Å²) in [5.74, 6) is 0.134. The molecule has 0 aliphatic heterocycles. The molecule has 0 unspecified atom stereocenters. The van der Waals surface area contributed by atoms with Gasteiger partial charge < -0.3 is 37.9 Å². The van der Waals surface area contributed by atoms with Crippen molar-refractivity contribution in [3.63, 3.8) is 0 Å². The molecule has 0 amide bonds. The summed E-state index contributed by atoms with van der Waals surface area (Å²) in [6.45, 7) is 12.7. The molecule has 37 heavy (non-hydrogen) atoms. The van der Waals surface area contributed by atoms with Crippen molar-refractivity contribution in [2.45, 2.75) is 71.6 Å². The molecule has 0 spiro atoms. The summed E-state index contributed by atoms with van der Waals surface area (Å²) in [6.07, 6.45) is 11.0. The first-order valence-corrected chi connectivity index (χ1v) is 14.4. The zero-order valence-electron chi connectivity index (χ0n) is 23.9. The number of carbonyl (C=O) groups is 1. The minimum Gasteiger partial charge on any atom is -0.379 e. The highest BCUT2D eigenvalue weighted by molar-refractivity contribution is 5.75. The minimum atomic E-state index is 0.134. The van der Waals surface area contributed by atoms with Crippen LogP contribution in [0.2, 0.25) is 0 Å². The summed E-state index contributed by atoms with van der Waals surface area (Å²) in [5, 5.41) is 0. The molecule has 0 radical (unpaired) electrons. The van der Waals surface area contributed by atoms with Gasteiger partial charge in [0.2, 0.25) is 0 Å². The second kappa shape index (κ2) is 33.4. The standard InChI is InChI=1S/C28H56O9/c1-3-4-5-6-7-8-9-10-12-30-14-16-32-18-20-34-22-24-36-26-27-37-25-23-35-21-19-33-17-15-31-13-11-28(2)29/h3-27H2,1-2H3.